The summed E-state index contributed by atoms with van der Waals surface area (Å²) in [5.74, 6) is -1.02. The van der Waals surface area contributed by atoms with Crippen LogP contribution in [0.1, 0.15) is 11.1 Å². The van der Waals surface area contributed by atoms with Crippen LogP contribution in [0.25, 0.3) is 0 Å². The third-order valence-corrected chi connectivity index (χ3v) is 3.30. The van der Waals surface area contributed by atoms with E-state index in [1.54, 1.807) is 42.5 Å². The fourth-order valence-corrected chi connectivity index (χ4v) is 2.06. The van der Waals surface area contributed by atoms with E-state index in [9.17, 15) is 9.59 Å². The number of hydrogen-bond acceptors (Lipinski definition) is 4. The molecule has 0 spiro atoms. The number of nitriles is 1. The van der Waals surface area contributed by atoms with E-state index in [1.165, 1.54) is 6.07 Å². The van der Waals surface area contributed by atoms with Crippen LogP contribution in [0.4, 0.5) is 5.69 Å². The third kappa shape index (κ3) is 5.13. The van der Waals surface area contributed by atoms with E-state index in [0.717, 1.165) is 0 Å². The monoisotopic (exact) mass is 328 g/mol. The molecular formula is C17H13ClN2O3. The lowest BCUT2D eigenvalue weighted by Gasteiger charge is -2.07. The number of carbonyl (C=O) groups is 2. The highest BCUT2D eigenvalue weighted by atomic mass is 35.5. The quantitative estimate of drug-likeness (QED) is 0.856. The number of nitrogens with zero attached hydrogens (tertiary/aromatic N) is 1. The number of halogens is 1. The van der Waals surface area contributed by atoms with Crippen molar-refractivity contribution in [2.24, 2.45) is 0 Å². The molecule has 1 N–H and O–H groups in total. The molecule has 116 valence electrons. The first-order valence-electron chi connectivity index (χ1n) is 6.77. The maximum Gasteiger partial charge on any atom is 0.310 e. The molecule has 23 heavy (non-hydrogen) atoms. The summed E-state index contributed by atoms with van der Waals surface area (Å²) in [4.78, 5) is 23.5. The Balaban J connectivity index is 1.83. The number of rotatable bonds is 5. The number of nitrogens with one attached hydrogen (secondary N) is 1. The highest BCUT2D eigenvalue weighted by Gasteiger charge is 2.10. The molecule has 0 aliphatic rings. The molecule has 0 fully saturated rings. The van der Waals surface area contributed by atoms with Gasteiger partial charge in [-0.2, -0.15) is 5.26 Å². The molecule has 0 radical (unpaired) electrons. The Hall–Kier alpha value is -2.84. The van der Waals surface area contributed by atoms with Gasteiger partial charge in [0.2, 0.25) is 0 Å². The van der Waals surface area contributed by atoms with E-state index in [-0.39, 0.29) is 6.42 Å². The van der Waals surface area contributed by atoms with Gasteiger partial charge >= 0.3 is 5.97 Å². The van der Waals surface area contributed by atoms with Crippen LogP contribution < -0.4 is 5.32 Å². The predicted octanol–water partition coefficient (Wildman–Crippen LogP) is 2.94. The minimum Gasteiger partial charge on any atom is -0.455 e. The molecule has 5 nitrogen and oxygen atoms in total. The zero-order chi connectivity index (χ0) is 16.7. The number of esters is 1. The second kappa shape index (κ2) is 7.97. The molecule has 2 aromatic carbocycles. The molecule has 0 unspecified atom stereocenters. The fourth-order valence-electron chi connectivity index (χ4n) is 1.86. The molecule has 0 aliphatic heterocycles. The van der Waals surface area contributed by atoms with E-state index in [0.29, 0.717) is 21.8 Å². The van der Waals surface area contributed by atoms with Gasteiger partial charge in [-0.3, -0.25) is 9.59 Å². The van der Waals surface area contributed by atoms with Crippen molar-refractivity contribution in [3.8, 4) is 6.07 Å². The number of amides is 1. The highest BCUT2D eigenvalue weighted by molar-refractivity contribution is 6.31. The normalized spacial score (nSPS) is 9.74. The van der Waals surface area contributed by atoms with Gasteiger partial charge in [-0.15, -0.1) is 0 Å². The van der Waals surface area contributed by atoms with Gasteiger partial charge in [0, 0.05) is 10.7 Å². The fraction of sp³-hybridized carbons (Fsp3) is 0.118. The van der Waals surface area contributed by atoms with Crippen molar-refractivity contribution < 1.29 is 14.3 Å². The number of hydrogen-bond donors (Lipinski definition) is 1. The zero-order valence-corrected chi connectivity index (χ0v) is 12.8. The number of ether oxygens (including phenoxy) is 1. The van der Waals surface area contributed by atoms with Gasteiger partial charge in [0.15, 0.2) is 6.61 Å². The lowest BCUT2D eigenvalue weighted by molar-refractivity contribution is -0.146. The molecule has 0 heterocycles. The molecule has 6 heteroatoms. The first-order valence-corrected chi connectivity index (χ1v) is 7.15. The van der Waals surface area contributed by atoms with Crippen molar-refractivity contribution in [2.45, 2.75) is 6.42 Å². The molecule has 0 atom stereocenters. The Kier molecular flexibility index (Phi) is 5.73. The Bertz CT molecular complexity index is 768. The smallest absolute Gasteiger partial charge is 0.310 e. The van der Waals surface area contributed by atoms with E-state index >= 15 is 0 Å². The van der Waals surface area contributed by atoms with Gasteiger partial charge in [-0.25, -0.2) is 0 Å². The van der Waals surface area contributed by atoms with Crippen LogP contribution >= 0.6 is 11.6 Å². The van der Waals surface area contributed by atoms with Crippen LogP contribution in [0.15, 0.2) is 48.5 Å². The summed E-state index contributed by atoms with van der Waals surface area (Å²) in [7, 11) is 0. The van der Waals surface area contributed by atoms with Gasteiger partial charge in [0.05, 0.1) is 18.1 Å². The zero-order valence-electron chi connectivity index (χ0n) is 12.1. The Labute approximate surface area is 138 Å². The standard InChI is InChI=1S/C17H13ClN2O3/c18-15-7-2-1-5-13(15)9-17(22)23-11-16(21)20-14-6-3-4-12(8-14)10-19/h1-8H,9,11H2,(H,20,21). The molecule has 1 amide bonds. The van der Waals surface area contributed by atoms with Crippen LogP contribution in [0.5, 0.6) is 0 Å². The van der Waals surface area contributed by atoms with Gasteiger partial charge in [0.25, 0.3) is 5.91 Å². The van der Waals surface area contributed by atoms with Crippen molar-refractivity contribution in [3.05, 3.63) is 64.7 Å². The average molecular weight is 329 g/mol. The van der Waals surface area contributed by atoms with Gasteiger partial charge in [-0.1, -0.05) is 35.9 Å². The van der Waals surface area contributed by atoms with Crippen molar-refractivity contribution in [2.75, 3.05) is 11.9 Å². The largest absolute Gasteiger partial charge is 0.455 e. The summed E-state index contributed by atoms with van der Waals surface area (Å²) >= 11 is 5.95. The Morgan fingerprint density at radius 1 is 1.17 bits per heavy atom. The maximum atomic E-state index is 11.7. The second-order valence-corrected chi connectivity index (χ2v) is 5.08. The van der Waals surface area contributed by atoms with E-state index in [1.807, 2.05) is 6.07 Å². The third-order valence-electron chi connectivity index (χ3n) is 2.93. The first kappa shape index (κ1) is 16.5. The van der Waals surface area contributed by atoms with E-state index in [4.69, 9.17) is 21.6 Å². The van der Waals surface area contributed by atoms with Crippen molar-refractivity contribution in [3.63, 3.8) is 0 Å². The van der Waals surface area contributed by atoms with Crippen molar-refractivity contribution in [1.29, 1.82) is 5.26 Å². The minimum atomic E-state index is -0.543. The minimum absolute atomic E-state index is 0.00310. The van der Waals surface area contributed by atoms with Crippen LogP contribution in [0, 0.1) is 11.3 Å². The summed E-state index contributed by atoms with van der Waals surface area (Å²) in [5, 5.41) is 11.8. The predicted molar refractivity (Wildman–Crippen MR) is 85.9 cm³/mol. The lowest BCUT2D eigenvalue weighted by atomic mass is 10.1. The number of benzene rings is 2. The van der Waals surface area contributed by atoms with Crippen LogP contribution in [-0.2, 0) is 20.7 Å². The maximum absolute atomic E-state index is 11.7. The molecule has 0 aromatic heterocycles. The highest BCUT2D eigenvalue weighted by Crippen LogP contribution is 2.15. The first-order chi connectivity index (χ1) is 11.1. The molecule has 0 saturated carbocycles. The number of carbonyl (C=O) groups excluding carboxylic acids is 2. The molecule has 0 aliphatic carbocycles. The Morgan fingerprint density at radius 3 is 2.70 bits per heavy atom. The van der Waals surface area contributed by atoms with E-state index < -0.39 is 18.5 Å². The van der Waals surface area contributed by atoms with E-state index in [2.05, 4.69) is 5.32 Å². The summed E-state index contributed by atoms with van der Waals surface area (Å²) in [6.07, 6.45) is -0.00310. The molecule has 0 saturated heterocycles. The van der Waals surface area contributed by atoms with Gasteiger partial charge in [-0.05, 0) is 29.8 Å². The van der Waals surface area contributed by atoms with Crippen molar-refractivity contribution >= 4 is 29.2 Å². The molecule has 2 rings (SSSR count). The topological polar surface area (TPSA) is 79.2 Å². The second-order valence-electron chi connectivity index (χ2n) is 4.67. The summed E-state index contributed by atoms with van der Waals surface area (Å²) in [5.41, 5.74) is 1.54. The van der Waals surface area contributed by atoms with Crippen LogP contribution in [0.3, 0.4) is 0 Å². The lowest BCUT2D eigenvalue weighted by Crippen LogP contribution is -2.21. The molecular weight excluding hydrogens is 316 g/mol. The average Bonchev–Trinajstić information content (AvgIpc) is 2.55. The van der Waals surface area contributed by atoms with Gasteiger partial charge < -0.3 is 10.1 Å². The van der Waals surface area contributed by atoms with Crippen LogP contribution in [0.2, 0.25) is 5.02 Å². The SMILES string of the molecule is N#Cc1cccc(NC(=O)COC(=O)Cc2ccccc2Cl)c1. The van der Waals surface area contributed by atoms with Gasteiger partial charge in [0.1, 0.15) is 0 Å². The Morgan fingerprint density at radius 2 is 1.96 bits per heavy atom. The summed E-state index contributed by atoms with van der Waals surface area (Å²) < 4.78 is 4.92. The molecule has 2 aromatic rings. The van der Waals surface area contributed by atoms with Crippen molar-refractivity contribution in [1.82, 2.24) is 0 Å². The van der Waals surface area contributed by atoms with Crippen LogP contribution in [-0.4, -0.2) is 18.5 Å². The summed E-state index contributed by atoms with van der Waals surface area (Å²) in [6.45, 7) is -0.403. The summed E-state index contributed by atoms with van der Waals surface area (Å²) in [6, 6.07) is 15.4. The molecule has 0 bridgehead atoms. The number of anilines is 1.